The molecule has 8 heteroatoms. The molecule has 0 radical (unpaired) electrons. The normalized spacial score (nSPS) is 14.9. The maximum absolute atomic E-state index is 11.7. The lowest BCUT2D eigenvalue weighted by Crippen LogP contribution is -2.37. The summed E-state index contributed by atoms with van der Waals surface area (Å²) in [6.07, 6.45) is 2.82. The van der Waals surface area contributed by atoms with Gasteiger partial charge in [-0.2, -0.15) is 0 Å². The third kappa shape index (κ3) is 4.25. The molecule has 0 aromatic heterocycles. The second-order valence-electron chi connectivity index (χ2n) is 4.36. The molecule has 3 amide bonds. The van der Waals surface area contributed by atoms with E-state index in [1.165, 1.54) is 12.2 Å². The Balaban J connectivity index is 1.84. The smallest absolute Gasteiger partial charge is 0.288 e. The number of benzene rings is 1. The van der Waals surface area contributed by atoms with E-state index < -0.39 is 0 Å². The standard InChI is InChI=1S/C14H12Cl2N2O3S/c15-10-2-1-3-11(16)9(10)4-5-12(19)17-6-7-18-13(20)8-22-14(18)21/h1-5H,6-8H2,(H,17,19)/b5-4+. The van der Waals surface area contributed by atoms with E-state index in [-0.39, 0.29) is 35.9 Å². The van der Waals surface area contributed by atoms with E-state index in [1.807, 2.05) is 0 Å². The Morgan fingerprint density at radius 2 is 2.00 bits per heavy atom. The van der Waals surface area contributed by atoms with Crippen molar-refractivity contribution < 1.29 is 14.4 Å². The van der Waals surface area contributed by atoms with Crippen LogP contribution in [0.2, 0.25) is 10.0 Å². The molecule has 1 aliphatic heterocycles. The number of amides is 3. The fraction of sp³-hybridized carbons (Fsp3) is 0.214. The van der Waals surface area contributed by atoms with Crippen molar-refractivity contribution in [1.82, 2.24) is 10.2 Å². The van der Waals surface area contributed by atoms with E-state index in [4.69, 9.17) is 23.2 Å². The summed E-state index contributed by atoms with van der Waals surface area (Å²) < 4.78 is 0. The van der Waals surface area contributed by atoms with E-state index in [2.05, 4.69) is 5.32 Å². The van der Waals surface area contributed by atoms with E-state index in [0.717, 1.165) is 16.7 Å². The van der Waals surface area contributed by atoms with Crippen LogP contribution in [-0.4, -0.2) is 40.8 Å². The summed E-state index contributed by atoms with van der Waals surface area (Å²) in [6, 6.07) is 5.06. The first kappa shape index (κ1) is 16.9. The summed E-state index contributed by atoms with van der Waals surface area (Å²) in [5.41, 5.74) is 0.558. The Morgan fingerprint density at radius 1 is 1.32 bits per heavy atom. The van der Waals surface area contributed by atoms with Crippen molar-refractivity contribution in [2.75, 3.05) is 18.8 Å². The van der Waals surface area contributed by atoms with E-state index in [1.54, 1.807) is 18.2 Å². The van der Waals surface area contributed by atoms with Crippen LogP contribution in [0.3, 0.4) is 0 Å². The SMILES string of the molecule is O=C(/C=C/c1c(Cl)cccc1Cl)NCCN1C(=O)CSC1=O. The van der Waals surface area contributed by atoms with E-state index >= 15 is 0 Å². The largest absolute Gasteiger partial charge is 0.351 e. The van der Waals surface area contributed by atoms with Crippen LogP contribution < -0.4 is 5.32 Å². The molecule has 22 heavy (non-hydrogen) atoms. The number of hydrogen-bond acceptors (Lipinski definition) is 4. The minimum absolute atomic E-state index is 0.164. The Hall–Kier alpha value is -1.50. The number of thioether (sulfide) groups is 1. The molecule has 1 aromatic carbocycles. The van der Waals surface area contributed by atoms with Gasteiger partial charge in [0.15, 0.2) is 0 Å². The number of carbonyl (C=O) groups excluding carboxylic acids is 3. The highest BCUT2D eigenvalue weighted by atomic mass is 35.5. The number of hydrogen-bond donors (Lipinski definition) is 1. The Bertz CT molecular complexity index is 613. The molecule has 0 spiro atoms. The highest BCUT2D eigenvalue weighted by Crippen LogP contribution is 2.25. The highest BCUT2D eigenvalue weighted by Gasteiger charge is 2.29. The summed E-state index contributed by atoms with van der Waals surface area (Å²) in [6.45, 7) is 0.356. The van der Waals surface area contributed by atoms with Crippen LogP contribution in [0.4, 0.5) is 4.79 Å². The zero-order chi connectivity index (χ0) is 16.1. The Morgan fingerprint density at radius 3 is 2.59 bits per heavy atom. The van der Waals surface area contributed by atoms with Crippen LogP contribution in [0, 0.1) is 0 Å². The van der Waals surface area contributed by atoms with Gasteiger partial charge in [0.1, 0.15) is 0 Å². The van der Waals surface area contributed by atoms with Crippen LogP contribution in [0.25, 0.3) is 6.08 Å². The molecule has 0 unspecified atom stereocenters. The van der Waals surface area contributed by atoms with Crippen molar-refractivity contribution >= 4 is 58.1 Å². The maximum atomic E-state index is 11.7. The van der Waals surface area contributed by atoms with Crippen LogP contribution in [0.5, 0.6) is 0 Å². The first-order valence-corrected chi connectivity index (χ1v) is 8.10. The molecule has 5 nitrogen and oxygen atoms in total. The zero-order valence-electron chi connectivity index (χ0n) is 11.3. The van der Waals surface area contributed by atoms with Crippen molar-refractivity contribution in [2.24, 2.45) is 0 Å². The molecule has 116 valence electrons. The fourth-order valence-electron chi connectivity index (χ4n) is 1.78. The van der Waals surface area contributed by atoms with Crippen LogP contribution in [0.1, 0.15) is 5.56 Å². The highest BCUT2D eigenvalue weighted by molar-refractivity contribution is 8.14. The summed E-state index contributed by atoms with van der Waals surface area (Å²) in [5, 5.41) is 3.20. The minimum Gasteiger partial charge on any atom is -0.351 e. The van der Waals surface area contributed by atoms with Crippen LogP contribution in [-0.2, 0) is 9.59 Å². The molecule has 1 saturated heterocycles. The van der Waals surface area contributed by atoms with Crippen molar-refractivity contribution in [2.45, 2.75) is 0 Å². The lowest BCUT2D eigenvalue weighted by atomic mass is 10.2. The van der Waals surface area contributed by atoms with E-state index in [9.17, 15) is 14.4 Å². The first-order chi connectivity index (χ1) is 10.5. The van der Waals surface area contributed by atoms with Gasteiger partial charge in [-0.25, -0.2) is 0 Å². The number of nitrogens with one attached hydrogen (secondary N) is 1. The summed E-state index contributed by atoms with van der Waals surface area (Å²) in [7, 11) is 0. The summed E-state index contributed by atoms with van der Waals surface area (Å²) in [5.74, 6) is -0.428. The third-order valence-corrected chi connectivity index (χ3v) is 4.39. The topological polar surface area (TPSA) is 66.5 Å². The van der Waals surface area contributed by atoms with Gasteiger partial charge < -0.3 is 5.32 Å². The molecule has 2 rings (SSSR count). The number of carbonyl (C=O) groups is 3. The molecule has 0 bridgehead atoms. The minimum atomic E-state index is -0.359. The van der Waals surface area contributed by atoms with Gasteiger partial charge in [0.25, 0.3) is 5.24 Å². The molecule has 1 fully saturated rings. The van der Waals surface area contributed by atoms with E-state index in [0.29, 0.717) is 15.6 Å². The lowest BCUT2D eigenvalue weighted by molar-refractivity contribution is -0.125. The van der Waals surface area contributed by atoms with Crippen LogP contribution in [0.15, 0.2) is 24.3 Å². The third-order valence-electron chi connectivity index (χ3n) is 2.88. The van der Waals surface area contributed by atoms with Gasteiger partial charge >= 0.3 is 0 Å². The summed E-state index contributed by atoms with van der Waals surface area (Å²) in [4.78, 5) is 35.6. The number of nitrogens with zero attached hydrogens (tertiary/aromatic N) is 1. The summed E-state index contributed by atoms with van der Waals surface area (Å²) >= 11 is 12.9. The predicted molar refractivity (Wildman–Crippen MR) is 88.1 cm³/mol. The quantitative estimate of drug-likeness (QED) is 0.821. The molecular formula is C14H12Cl2N2O3S. The van der Waals surface area contributed by atoms with Crippen molar-refractivity contribution in [3.63, 3.8) is 0 Å². The first-order valence-electron chi connectivity index (χ1n) is 6.36. The molecule has 1 N–H and O–H groups in total. The maximum Gasteiger partial charge on any atom is 0.288 e. The molecule has 0 aliphatic carbocycles. The molecule has 1 heterocycles. The second-order valence-corrected chi connectivity index (χ2v) is 6.10. The second kappa shape index (κ2) is 7.67. The average molecular weight is 359 g/mol. The van der Waals surface area contributed by atoms with Crippen molar-refractivity contribution in [3.05, 3.63) is 39.9 Å². The van der Waals surface area contributed by atoms with Gasteiger partial charge in [-0.05, 0) is 18.2 Å². The van der Waals surface area contributed by atoms with Gasteiger partial charge in [0, 0.05) is 34.8 Å². The number of rotatable bonds is 5. The molecule has 1 aromatic rings. The van der Waals surface area contributed by atoms with Gasteiger partial charge in [0.2, 0.25) is 11.8 Å². The zero-order valence-corrected chi connectivity index (χ0v) is 13.7. The molecule has 0 atom stereocenters. The van der Waals surface area contributed by atoms with Crippen LogP contribution >= 0.6 is 35.0 Å². The van der Waals surface area contributed by atoms with Gasteiger partial charge in [-0.1, -0.05) is 41.0 Å². The monoisotopic (exact) mass is 358 g/mol. The molecular weight excluding hydrogens is 347 g/mol. The predicted octanol–water partition coefficient (Wildman–Crippen LogP) is 2.82. The Kier molecular flexibility index (Phi) is 5.88. The van der Waals surface area contributed by atoms with Crippen molar-refractivity contribution in [1.29, 1.82) is 0 Å². The van der Waals surface area contributed by atoms with Gasteiger partial charge in [0.05, 0.1) is 5.75 Å². The molecule has 0 saturated carbocycles. The lowest BCUT2D eigenvalue weighted by Gasteiger charge is -2.12. The Labute approximate surface area is 141 Å². The van der Waals surface area contributed by atoms with Gasteiger partial charge in [-0.15, -0.1) is 0 Å². The number of halogens is 2. The molecule has 1 aliphatic rings. The van der Waals surface area contributed by atoms with Gasteiger partial charge in [-0.3, -0.25) is 19.3 Å². The fourth-order valence-corrected chi connectivity index (χ4v) is 3.05. The number of imide groups is 1. The average Bonchev–Trinajstić information content (AvgIpc) is 2.78. The van der Waals surface area contributed by atoms with Crippen molar-refractivity contribution in [3.8, 4) is 0 Å².